The van der Waals surface area contributed by atoms with Crippen LogP contribution in [0.4, 0.5) is 0 Å². The normalized spacial score (nSPS) is 10.2. The molecule has 0 saturated heterocycles. The van der Waals surface area contributed by atoms with Gasteiger partial charge < -0.3 is 9.84 Å². The molecular formula is C16H17N3O4. The lowest BCUT2D eigenvalue weighted by atomic mass is 10.1. The number of aromatic hydroxyl groups is 1. The van der Waals surface area contributed by atoms with Gasteiger partial charge in [0.15, 0.2) is 6.29 Å². The number of methoxy groups -OCH3 is 1. The van der Waals surface area contributed by atoms with Crippen LogP contribution in [0.3, 0.4) is 0 Å². The van der Waals surface area contributed by atoms with Crippen molar-refractivity contribution < 1.29 is 19.4 Å². The monoisotopic (exact) mass is 315 g/mol. The van der Waals surface area contributed by atoms with Crippen molar-refractivity contribution in [2.45, 2.75) is 13.5 Å². The summed E-state index contributed by atoms with van der Waals surface area (Å²) in [7, 11) is 1.55. The van der Waals surface area contributed by atoms with Crippen LogP contribution in [0.1, 0.15) is 32.0 Å². The molecule has 0 aliphatic rings. The van der Waals surface area contributed by atoms with Crippen LogP contribution in [0.15, 0.2) is 30.5 Å². The van der Waals surface area contributed by atoms with Crippen molar-refractivity contribution in [3.8, 4) is 11.5 Å². The quantitative estimate of drug-likeness (QED) is 0.549. The van der Waals surface area contributed by atoms with Crippen LogP contribution < -0.4 is 15.6 Å². The lowest BCUT2D eigenvalue weighted by Crippen LogP contribution is -2.37. The van der Waals surface area contributed by atoms with E-state index in [2.05, 4.69) is 15.8 Å². The zero-order valence-electron chi connectivity index (χ0n) is 12.8. The molecule has 7 nitrogen and oxygen atoms in total. The summed E-state index contributed by atoms with van der Waals surface area (Å²) in [6, 6.07) is 6.61. The molecule has 23 heavy (non-hydrogen) atoms. The number of benzene rings is 1. The van der Waals surface area contributed by atoms with Crippen LogP contribution in [0.5, 0.6) is 11.5 Å². The van der Waals surface area contributed by atoms with Crippen LogP contribution in [0.25, 0.3) is 0 Å². The Hall–Kier alpha value is -2.93. The maximum absolute atomic E-state index is 12.0. The van der Waals surface area contributed by atoms with Crippen LogP contribution in [-0.4, -0.2) is 29.4 Å². The molecule has 3 N–H and O–H groups in total. The van der Waals surface area contributed by atoms with Crippen molar-refractivity contribution in [1.29, 1.82) is 0 Å². The molecule has 1 amide bonds. The topological polar surface area (TPSA) is 101 Å². The first kappa shape index (κ1) is 16.4. The van der Waals surface area contributed by atoms with E-state index in [1.165, 1.54) is 6.20 Å². The molecule has 0 atom stereocenters. The first-order chi connectivity index (χ1) is 11.1. The Balaban J connectivity index is 2.00. The van der Waals surface area contributed by atoms with Gasteiger partial charge in [-0.3, -0.25) is 20.0 Å². The third-order valence-electron chi connectivity index (χ3n) is 3.32. The van der Waals surface area contributed by atoms with Gasteiger partial charge in [0, 0.05) is 29.4 Å². The number of aldehydes is 1. The third kappa shape index (κ3) is 3.83. The van der Waals surface area contributed by atoms with Gasteiger partial charge in [-0.15, -0.1) is 0 Å². The first-order valence-electron chi connectivity index (χ1n) is 6.86. The Kier molecular flexibility index (Phi) is 5.27. The summed E-state index contributed by atoms with van der Waals surface area (Å²) in [5.74, 6) is 0.244. The SMILES string of the molecule is COc1ccc(C(=O)NNCc2c(C=O)cnc(C)c2O)cc1. The van der Waals surface area contributed by atoms with E-state index >= 15 is 0 Å². The third-order valence-corrected chi connectivity index (χ3v) is 3.32. The van der Waals surface area contributed by atoms with Gasteiger partial charge in [-0.1, -0.05) is 0 Å². The molecule has 0 saturated carbocycles. The molecule has 1 aromatic carbocycles. The number of hydrazine groups is 1. The Labute approximate surface area is 133 Å². The van der Waals surface area contributed by atoms with Crippen LogP contribution in [-0.2, 0) is 6.54 Å². The molecule has 2 aromatic rings. The van der Waals surface area contributed by atoms with E-state index in [-0.39, 0.29) is 23.8 Å². The summed E-state index contributed by atoms with van der Waals surface area (Å²) >= 11 is 0. The van der Waals surface area contributed by atoms with Gasteiger partial charge in [-0.25, -0.2) is 5.43 Å². The van der Waals surface area contributed by atoms with Crippen molar-refractivity contribution >= 4 is 12.2 Å². The summed E-state index contributed by atoms with van der Waals surface area (Å²) in [6.07, 6.45) is 1.98. The van der Waals surface area contributed by atoms with Gasteiger partial charge >= 0.3 is 0 Å². The minimum absolute atomic E-state index is 0.0687. The average molecular weight is 315 g/mol. The number of aromatic nitrogens is 1. The van der Waals surface area contributed by atoms with Crippen molar-refractivity contribution in [2.24, 2.45) is 0 Å². The van der Waals surface area contributed by atoms with E-state index in [9.17, 15) is 14.7 Å². The molecule has 1 heterocycles. The molecule has 0 radical (unpaired) electrons. The van der Waals surface area contributed by atoms with Gasteiger partial charge in [0.1, 0.15) is 11.5 Å². The second-order valence-electron chi connectivity index (χ2n) is 4.78. The fourth-order valence-corrected chi connectivity index (χ4v) is 1.98. The highest BCUT2D eigenvalue weighted by atomic mass is 16.5. The number of hydrogen-bond acceptors (Lipinski definition) is 6. The number of carbonyl (C=O) groups excluding carboxylic acids is 2. The van der Waals surface area contributed by atoms with Gasteiger partial charge in [0.05, 0.1) is 12.8 Å². The van der Waals surface area contributed by atoms with Crippen LogP contribution in [0, 0.1) is 6.92 Å². The Morgan fingerprint density at radius 1 is 1.35 bits per heavy atom. The number of carbonyl (C=O) groups is 2. The maximum atomic E-state index is 12.0. The number of nitrogens with zero attached hydrogens (tertiary/aromatic N) is 1. The van der Waals surface area contributed by atoms with Crippen molar-refractivity contribution in [1.82, 2.24) is 15.8 Å². The highest BCUT2D eigenvalue weighted by Crippen LogP contribution is 2.22. The van der Waals surface area contributed by atoms with Gasteiger partial charge in [-0.05, 0) is 31.2 Å². The minimum Gasteiger partial charge on any atom is -0.506 e. The zero-order chi connectivity index (χ0) is 16.8. The minimum atomic E-state index is -0.342. The number of aryl methyl sites for hydroxylation is 1. The van der Waals surface area contributed by atoms with Crippen molar-refractivity contribution in [2.75, 3.05) is 7.11 Å². The molecule has 0 fully saturated rings. The Morgan fingerprint density at radius 2 is 2.04 bits per heavy atom. The highest BCUT2D eigenvalue weighted by molar-refractivity contribution is 5.93. The predicted octanol–water partition coefficient (Wildman–Crippen LogP) is 1.35. The molecule has 0 aliphatic heterocycles. The number of amides is 1. The standard InChI is InChI=1S/C16H17N3O4/c1-10-15(21)14(12(9-20)7-17-10)8-18-19-16(22)11-3-5-13(23-2)6-4-11/h3-7,9,18,21H,8H2,1-2H3,(H,19,22). The maximum Gasteiger partial charge on any atom is 0.265 e. The molecule has 0 unspecified atom stereocenters. The van der Waals surface area contributed by atoms with Crippen LogP contribution >= 0.6 is 0 Å². The fourth-order valence-electron chi connectivity index (χ4n) is 1.98. The number of pyridine rings is 1. The summed E-state index contributed by atoms with van der Waals surface area (Å²) in [4.78, 5) is 26.9. The predicted molar refractivity (Wildman–Crippen MR) is 83.3 cm³/mol. The molecule has 7 heteroatoms. The number of ether oxygens (including phenoxy) is 1. The average Bonchev–Trinajstić information content (AvgIpc) is 2.58. The van der Waals surface area contributed by atoms with E-state index < -0.39 is 0 Å². The summed E-state index contributed by atoms with van der Waals surface area (Å²) in [5.41, 5.74) is 6.70. The number of nitrogens with one attached hydrogen (secondary N) is 2. The van der Waals surface area contributed by atoms with Gasteiger partial charge in [-0.2, -0.15) is 0 Å². The molecular weight excluding hydrogens is 298 g/mol. The lowest BCUT2D eigenvalue weighted by Gasteiger charge is -2.11. The largest absolute Gasteiger partial charge is 0.506 e. The first-order valence-corrected chi connectivity index (χ1v) is 6.86. The van der Waals surface area contributed by atoms with Gasteiger partial charge in [0.25, 0.3) is 5.91 Å². The van der Waals surface area contributed by atoms with Crippen LogP contribution in [0.2, 0.25) is 0 Å². The summed E-state index contributed by atoms with van der Waals surface area (Å²) < 4.78 is 5.02. The molecule has 0 aliphatic carbocycles. The molecule has 0 bridgehead atoms. The van der Waals surface area contributed by atoms with Crippen molar-refractivity contribution in [3.05, 3.63) is 52.8 Å². The van der Waals surface area contributed by atoms with E-state index in [1.807, 2.05) is 0 Å². The number of hydrogen-bond donors (Lipinski definition) is 3. The van der Waals surface area contributed by atoms with Gasteiger partial charge in [0.2, 0.25) is 0 Å². The molecule has 0 spiro atoms. The van der Waals surface area contributed by atoms with E-state index in [0.717, 1.165) is 0 Å². The molecule has 1 aromatic heterocycles. The second kappa shape index (κ2) is 7.37. The number of rotatable bonds is 6. The Morgan fingerprint density at radius 3 is 2.65 bits per heavy atom. The zero-order valence-corrected chi connectivity index (χ0v) is 12.8. The fraction of sp³-hybridized carbons (Fsp3) is 0.188. The van der Waals surface area contributed by atoms with E-state index in [0.29, 0.717) is 28.9 Å². The lowest BCUT2D eigenvalue weighted by molar-refractivity contribution is 0.0932. The Bertz CT molecular complexity index is 714. The summed E-state index contributed by atoms with van der Waals surface area (Å²) in [5, 5.41) is 9.96. The van der Waals surface area contributed by atoms with Crippen molar-refractivity contribution in [3.63, 3.8) is 0 Å². The molecule has 120 valence electrons. The van der Waals surface area contributed by atoms with E-state index in [4.69, 9.17) is 4.74 Å². The summed E-state index contributed by atoms with van der Waals surface area (Å²) in [6.45, 7) is 1.72. The highest BCUT2D eigenvalue weighted by Gasteiger charge is 2.12. The van der Waals surface area contributed by atoms with E-state index in [1.54, 1.807) is 38.3 Å². The second-order valence-corrected chi connectivity index (χ2v) is 4.78. The molecule has 2 rings (SSSR count). The smallest absolute Gasteiger partial charge is 0.265 e.